The second kappa shape index (κ2) is 3.94. The average molecular weight is 209 g/mol. The number of imidazole rings is 1. The molecule has 1 aromatic heterocycles. The number of methoxy groups -OCH3 is 1. The van der Waals surface area contributed by atoms with Gasteiger partial charge in [0.15, 0.2) is 0 Å². The minimum atomic E-state index is 0.316. The third-order valence-electron chi connectivity index (χ3n) is 3.09. The van der Waals surface area contributed by atoms with Crippen LogP contribution in [0.15, 0.2) is 12.4 Å². The monoisotopic (exact) mass is 209 g/mol. The molecule has 0 spiro atoms. The molecule has 4 nitrogen and oxygen atoms in total. The van der Waals surface area contributed by atoms with E-state index >= 15 is 0 Å². The van der Waals surface area contributed by atoms with Gasteiger partial charge in [0.25, 0.3) is 0 Å². The number of nitrogens with zero attached hydrogens (tertiary/aromatic N) is 2. The van der Waals surface area contributed by atoms with Crippen molar-refractivity contribution in [3.8, 4) is 0 Å². The lowest BCUT2D eigenvalue weighted by molar-refractivity contribution is 0.114. The number of hydrogen-bond acceptors (Lipinski definition) is 3. The molecule has 1 N–H and O–H groups in total. The molecule has 1 aliphatic rings. The molecular formula is C11H19N3O. The van der Waals surface area contributed by atoms with E-state index < -0.39 is 0 Å². The molecule has 0 aliphatic carbocycles. The maximum absolute atomic E-state index is 5.08. The van der Waals surface area contributed by atoms with Crippen LogP contribution in [-0.4, -0.2) is 29.8 Å². The van der Waals surface area contributed by atoms with Crippen LogP contribution in [0.5, 0.6) is 0 Å². The second-order valence-electron chi connectivity index (χ2n) is 4.77. The first-order valence-electron chi connectivity index (χ1n) is 5.38. The highest BCUT2D eigenvalue weighted by atomic mass is 16.5. The molecule has 1 atom stereocenters. The van der Waals surface area contributed by atoms with E-state index in [9.17, 15) is 0 Å². The summed E-state index contributed by atoms with van der Waals surface area (Å²) in [6.45, 7) is 7.21. The molecule has 0 amide bonds. The van der Waals surface area contributed by atoms with Gasteiger partial charge in [-0.3, -0.25) is 0 Å². The van der Waals surface area contributed by atoms with Crippen LogP contribution in [0.2, 0.25) is 0 Å². The maximum Gasteiger partial charge on any atom is 0.126 e. The molecule has 0 aromatic carbocycles. The molecule has 0 saturated carbocycles. The van der Waals surface area contributed by atoms with Crippen molar-refractivity contribution < 1.29 is 4.74 Å². The molecule has 0 bridgehead atoms. The molecule has 1 aliphatic heterocycles. The zero-order valence-electron chi connectivity index (χ0n) is 9.66. The highest BCUT2D eigenvalue weighted by Gasteiger charge is 2.41. The van der Waals surface area contributed by atoms with E-state index in [4.69, 9.17) is 4.74 Å². The lowest BCUT2D eigenvalue weighted by atomic mass is 9.77. The first-order valence-corrected chi connectivity index (χ1v) is 5.38. The Kier molecular flexibility index (Phi) is 2.80. The minimum absolute atomic E-state index is 0.316. The summed E-state index contributed by atoms with van der Waals surface area (Å²) in [6.07, 6.45) is 3.88. The zero-order chi connectivity index (χ0) is 10.9. The summed E-state index contributed by atoms with van der Waals surface area (Å²) in [7, 11) is 1.72. The summed E-state index contributed by atoms with van der Waals surface area (Å²) in [5, 5.41) is 3.43. The maximum atomic E-state index is 5.08. The lowest BCUT2D eigenvalue weighted by Gasteiger charge is -2.45. The van der Waals surface area contributed by atoms with Crippen LogP contribution < -0.4 is 5.32 Å². The number of ether oxygens (including phenoxy) is 1. The van der Waals surface area contributed by atoms with Crippen LogP contribution in [0.1, 0.15) is 25.7 Å². The van der Waals surface area contributed by atoms with Crippen LogP contribution in [0.4, 0.5) is 0 Å². The smallest absolute Gasteiger partial charge is 0.126 e. The Bertz CT molecular complexity index is 332. The Labute approximate surface area is 90.6 Å². The van der Waals surface area contributed by atoms with Crippen LogP contribution >= 0.6 is 0 Å². The molecule has 2 heterocycles. The lowest BCUT2D eigenvalue weighted by Crippen LogP contribution is -2.53. The summed E-state index contributed by atoms with van der Waals surface area (Å²) in [6, 6.07) is 0.379. The van der Waals surface area contributed by atoms with Crippen LogP contribution in [0, 0.1) is 5.41 Å². The molecule has 0 radical (unpaired) electrons. The Morgan fingerprint density at radius 3 is 3.00 bits per heavy atom. The zero-order valence-corrected chi connectivity index (χ0v) is 9.66. The molecule has 1 fully saturated rings. The van der Waals surface area contributed by atoms with Crippen molar-refractivity contribution in [2.75, 3.05) is 20.3 Å². The van der Waals surface area contributed by atoms with Gasteiger partial charge in [0.05, 0.1) is 12.6 Å². The Balaban J connectivity index is 2.11. The highest BCUT2D eigenvalue weighted by molar-refractivity contribution is 5.10. The van der Waals surface area contributed by atoms with Gasteiger partial charge in [-0.05, 0) is 5.41 Å². The molecule has 1 aromatic rings. The SMILES string of the molecule is COCCn1ccnc1[C@@H]1NCC1(C)C. The van der Waals surface area contributed by atoms with Gasteiger partial charge in [0.2, 0.25) is 0 Å². The van der Waals surface area contributed by atoms with Crippen molar-refractivity contribution >= 4 is 0 Å². The second-order valence-corrected chi connectivity index (χ2v) is 4.77. The Hall–Kier alpha value is -0.870. The predicted molar refractivity (Wildman–Crippen MR) is 58.6 cm³/mol. The first kappa shape index (κ1) is 10.6. The molecule has 4 heteroatoms. The molecular weight excluding hydrogens is 190 g/mol. The van der Waals surface area contributed by atoms with E-state index in [-0.39, 0.29) is 0 Å². The third kappa shape index (κ3) is 1.92. The van der Waals surface area contributed by atoms with Gasteiger partial charge in [-0.1, -0.05) is 13.8 Å². The van der Waals surface area contributed by atoms with E-state index in [2.05, 4.69) is 28.7 Å². The van der Waals surface area contributed by atoms with Crippen LogP contribution in [0.3, 0.4) is 0 Å². The standard InChI is InChI=1S/C11H19N3O/c1-11(2)8-13-9(11)10-12-4-5-14(10)6-7-15-3/h4-5,9,13H,6-8H2,1-3H3/t9-/m0/s1. The molecule has 15 heavy (non-hydrogen) atoms. The van der Waals surface area contributed by atoms with Gasteiger partial charge in [-0.25, -0.2) is 4.98 Å². The fourth-order valence-electron chi connectivity index (χ4n) is 2.01. The Morgan fingerprint density at radius 2 is 2.47 bits per heavy atom. The molecule has 2 rings (SSSR count). The minimum Gasteiger partial charge on any atom is -0.383 e. The number of hydrogen-bond donors (Lipinski definition) is 1. The van der Waals surface area contributed by atoms with Gasteiger partial charge in [-0.15, -0.1) is 0 Å². The topological polar surface area (TPSA) is 39.1 Å². The van der Waals surface area contributed by atoms with E-state index in [1.54, 1.807) is 7.11 Å². The fraction of sp³-hybridized carbons (Fsp3) is 0.727. The predicted octanol–water partition coefficient (Wildman–Crippen LogP) is 1.20. The summed E-state index contributed by atoms with van der Waals surface area (Å²) < 4.78 is 7.25. The third-order valence-corrected chi connectivity index (χ3v) is 3.09. The van der Waals surface area contributed by atoms with Crippen molar-refractivity contribution in [1.82, 2.24) is 14.9 Å². The van der Waals surface area contributed by atoms with E-state index in [0.29, 0.717) is 11.5 Å². The van der Waals surface area contributed by atoms with E-state index in [1.165, 1.54) is 0 Å². The normalized spacial score (nSPS) is 23.8. The van der Waals surface area contributed by atoms with Crippen molar-refractivity contribution in [1.29, 1.82) is 0 Å². The van der Waals surface area contributed by atoms with Gasteiger partial charge >= 0.3 is 0 Å². The summed E-state index contributed by atoms with van der Waals surface area (Å²) in [5.74, 6) is 1.13. The van der Waals surface area contributed by atoms with E-state index in [1.807, 2.05) is 12.4 Å². The largest absolute Gasteiger partial charge is 0.383 e. The Morgan fingerprint density at radius 1 is 1.67 bits per heavy atom. The van der Waals surface area contributed by atoms with Gasteiger partial charge in [-0.2, -0.15) is 0 Å². The number of rotatable bonds is 4. The number of nitrogens with one attached hydrogen (secondary N) is 1. The van der Waals surface area contributed by atoms with Crippen molar-refractivity contribution in [3.63, 3.8) is 0 Å². The van der Waals surface area contributed by atoms with Gasteiger partial charge in [0.1, 0.15) is 5.82 Å². The van der Waals surface area contributed by atoms with Crippen molar-refractivity contribution in [2.24, 2.45) is 5.41 Å². The molecule has 0 unspecified atom stereocenters. The average Bonchev–Trinajstić information content (AvgIpc) is 2.61. The number of aromatic nitrogens is 2. The van der Waals surface area contributed by atoms with Crippen LogP contribution in [-0.2, 0) is 11.3 Å². The highest BCUT2D eigenvalue weighted by Crippen LogP contribution is 2.39. The molecule has 84 valence electrons. The summed E-state index contributed by atoms with van der Waals surface area (Å²) >= 11 is 0. The van der Waals surface area contributed by atoms with Crippen molar-refractivity contribution in [2.45, 2.75) is 26.4 Å². The van der Waals surface area contributed by atoms with E-state index in [0.717, 1.165) is 25.5 Å². The first-order chi connectivity index (χ1) is 7.15. The van der Waals surface area contributed by atoms with Crippen LogP contribution in [0.25, 0.3) is 0 Å². The quantitative estimate of drug-likeness (QED) is 0.810. The molecule has 1 saturated heterocycles. The van der Waals surface area contributed by atoms with Gasteiger partial charge < -0.3 is 14.6 Å². The van der Waals surface area contributed by atoms with Crippen molar-refractivity contribution in [3.05, 3.63) is 18.2 Å². The fourth-order valence-corrected chi connectivity index (χ4v) is 2.01. The summed E-state index contributed by atoms with van der Waals surface area (Å²) in [5.41, 5.74) is 0.316. The van der Waals surface area contributed by atoms with Gasteiger partial charge in [0, 0.05) is 32.6 Å². The summed E-state index contributed by atoms with van der Waals surface area (Å²) in [4.78, 5) is 4.43.